The molecule has 0 atom stereocenters. The number of nitrogens with zero attached hydrogens (tertiary/aromatic N) is 1. The van der Waals surface area contributed by atoms with Crippen molar-refractivity contribution in [1.82, 2.24) is 0 Å². The molecule has 0 spiro atoms. The van der Waals surface area contributed by atoms with Gasteiger partial charge in [0.05, 0.1) is 10.7 Å². The van der Waals surface area contributed by atoms with Gasteiger partial charge in [0, 0.05) is 12.1 Å². The molecule has 0 radical (unpaired) electrons. The lowest BCUT2D eigenvalue weighted by atomic mass is 10.1. The fourth-order valence-electron chi connectivity index (χ4n) is 1.88. The first-order valence-corrected chi connectivity index (χ1v) is 8.42. The number of benzene rings is 1. The summed E-state index contributed by atoms with van der Waals surface area (Å²) in [6.45, 7) is 6.43. The average Bonchev–Trinajstić information content (AvgIpc) is 2.48. The Morgan fingerprint density at radius 2 is 2.00 bits per heavy atom. The smallest absolute Gasteiger partial charge is 0.188 e. The Bertz CT molecular complexity index is 583. The average molecular weight is 378 g/mol. The molecule has 0 aliphatic rings. The minimum Gasteiger partial charge on any atom is -0.489 e. The molecule has 1 aromatic rings. The van der Waals surface area contributed by atoms with Crippen molar-refractivity contribution in [3.8, 4) is 11.5 Å². The van der Waals surface area contributed by atoms with Gasteiger partial charge in [-0.2, -0.15) is 4.39 Å². The van der Waals surface area contributed by atoms with Gasteiger partial charge in [0.1, 0.15) is 24.7 Å². The number of hydrogen-bond donors (Lipinski definition) is 0. The van der Waals surface area contributed by atoms with Crippen molar-refractivity contribution in [3.05, 3.63) is 34.1 Å². The van der Waals surface area contributed by atoms with Crippen molar-refractivity contribution in [1.29, 1.82) is 0 Å². The molecule has 0 N–H and O–H groups in total. The van der Waals surface area contributed by atoms with Crippen molar-refractivity contribution in [3.63, 3.8) is 0 Å². The Morgan fingerprint density at radius 3 is 2.62 bits per heavy atom. The van der Waals surface area contributed by atoms with Gasteiger partial charge >= 0.3 is 0 Å². The lowest BCUT2D eigenvalue weighted by Gasteiger charge is -2.15. The normalized spacial score (nSPS) is 11.2. The number of ether oxygens (including phenoxy) is 2. The molecule has 0 aromatic heterocycles. The molecule has 1 aromatic carbocycles. The molecule has 0 amide bonds. The molecule has 4 nitrogen and oxygen atoms in total. The maximum absolute atomic E-state index is 12.5. The second-order valence-electron chi connectivity index (χ2n) is 5.17. The van der Waals surface area contributed by atoms with Gasteiger partial charge < -0.3 is 14.3 Å². The van der Waals surface area contributed by atoms with Crippen LogP contribution in [0.15, 0.2) is 28.7 Å². The van der Waals surface area contributed by atoms with E-state index in [0.29, 0.717) is 29.7 Å². The molecule has 0 aliphatic carbocycles. The van der Waals surface area contributed by atoms with Crippen molar-refractivity contribution in [2.45, 2.75) is 33.6 Å². The number of halogens is 3. The molecule has 0 heterocycles. The van der Waals surface area contributed by atoms with Crippen molar-refractivity contribution >= 4 is 28.9 Å². The molecule has 0 aliphatic heterocycles. The Balaban J connectivity index is 2.75. The summed E-state index contributed by atoms with van der Waals surface area (Å²) in [7, 11) is 0. The van der Waals surface area contributed by atoms with Crippen LogP contribution in [0.2, 0.25) is 5.02 Å². The Kier molecular flexibility index (Phi) is 9.57. The van der Waals surface area contributed by atoms with E-state index in [0.717, 1.165) is 30.2 Å². The molecule has 1 rings (SSSR count). The van der Waals surface area contributed by atoms with Crippen LogP contribution in [0.5, 0.6) is 11.5 Å². The van der Waals surface area contributed by atoms with Crippen LogP contribution in [0.1, 0.15) is 32.8 Å². The fourth-order valence-corrected chi connectivity index (χ4v) is 2.23. The van der Waals surface area contributed by atoms with Gasteiger partial charge in [0.2, 0.25) is 0 Å². The van der Waals surface area contributed by atoms with Gasteiger partial charge in [-0.3, -0.25) is 0 Å². The maximum atomic E-state index is 12.5. The summed E-state index contributed by atoms with van der Waals surface area (Å²) in [5.74, 6) is 1.14. The predicted molar refractivity (Wildman–Crippen MR) is 96.2 cm³/mol. The summed E-state index contributed by atoms with van der Waals surface area (Å²) in [5, 5.41) is 3.46. The zero-order chi connectivity index (χ0) is 17.9. The zero-order valence-electron chi connectivity index (χ0n) is 14.1. The van der Waals surface area contributed by atoms with E-state index in [1.54, 1.807) is 6.07 Å². The Morgan fingerprint density at radius 1 is 1.25 bits per heavy atom. The minimum atomic E-state index is -0.806. The van der Waals surface area contributed by atoms with E-state index >= 15 is 0 Å². The van der Waals surface area contributed by atoms with Crippen LogP contribution in [0.3, 0.4) is 0 Å². The fraction of sp³-hybridized carbons (Fsp3) is 0.471. The predicted octanol–water partition coefficient (Wildman–Crippen LogP) is 5.51. The second-order valence-corrected chi connectivity index (χ2v) is 5.94. The van der Waals surface area contributed by atoms with Crippen LogP contribution in [0.4, 0.5) is 4.39 Å². The number of rotatable bonds is 10. The van der Waals surface area contributed by atoms with Crippen LogP contribution in [-0.4, -0.2) is 25.5 Å². The molecule has 0 bridgehead atoms. The quantitative estimate of drug-likeness (QED) is 0.306. The molecule has 0 saturated heterocycles. The molecular weight excluding hydrogens is 356 g/mol. The summed E-state index contributed by atoms with van der Waals surface area (Å²) in [5.41, 5.74) is 1.76. The minimum absolute atomic E-state index is 0.0274. The molecular formula is C17H22Cl2FNO3. The summed E-state index contributed by atoms with van der Waals surface area (Å²) < 4.78 is 23.6. The molecule has 0 saturated carbocycles. The van der Waals surface area contributed by atoms with E-state index in [1.165, 1.54) is 0 Å². The van der Waals surface area contributed by atoms with Crippen LogP contribution in [0.25, 0.3) is 0 Å². The highest BCUT2D eigenvalue weighted by molar-refractivity contribution is 6.32. The van der Waals surface area contributed by atoms with Gasteiger partial charge in [-0.05, 0) is 31.9 Å². The van der Waals surface area contributed by atoms with E-state index in [2.05, 4.69) is 12.1 Å². The summed E-state index contributed by atoms with van der Waals surface area (Å²) >= 11 is 11.4. The van der Waals surface area contributed by atoms with E-state index in [9.17, 15) is 4.39 Å². The zero-order valence-corrected chi connectivity index (χ0v) is 15.6. The summed E-state index contributed by atoms with van der Waals surface area (Å²) in [6.07, 6.45) is 2.83. The standard InChI is InChI=1S/C17H22Cl2FNO3/c1-4-5-13-10-14(22-7-6-16(19)20)11-15(18)17(13)23-8-9-24-21-12(2)3/h6,10-11H,4-5,7-9H2,1-3H3/b16-6-. The second kappa shape index (κ2) is 11.2. The third-order valence-corrected chi connectivity index (χ3v) is 3.20. The lowest BCUT2D eigenvalue weighted by molar-refractivity contribution is 0.106. The number of hydrogen-bond acceptors (Lipinski definition) is 4. The van der Waals surface area contributed by atoms with E-state index in [4.69, 9.17) is 37.5 Å². The number of oxime groups is 1. The van der Waals surface area contributed by atoms with Crippen LogP contribution in [0, 0.1) is 0 Å². The molecule has 0 unspecified atom stereocenters. The van der Waals surface area contributed by atoms with Gasteiger partial charge in [0.15, 0.2) is 11.9 Å². The van der Waals surface area contributed by atoms with Crippen molar-refractivity contribution in [2.75, 3.05) is 19.8 Å². The van der Waals surface area contributed by atoms with Crippen molar-refractivity contribution in [2.24, 2.45) is 5.16 Å². The molecule has 0 fully saturated rings. The van der Waals surface area contributed by atoms with Gasteiger partial charge in [-0.15, -0.1) is 0 Å². The van der Waals surface area contributed by atoms with Crippen LogP contribution in [-0.2, 0) is 11.3 Å². The topological polar surface area (TPSA) is 40.0 Å². The van der Waals surface area contributed by atoms with Crippen molar-refractivity contribution < 1.29 is 18.7 Å². The molecule has 7 heteroatoms. The van der Waals surface area contributed by atoms with Gasteiger partial charge in [-0.25, -0.2) is 0 Å². The Hall–Kier alpha value is -1.46. The lowest BCUT2D eigenvalue weighted by Crippen LogP contribution is -2.07. The third kappa shape index (κ3) is 7.88. The third-order valence-electron chi connectivity index (χ3n) is 2.77. The molecule has 24 heavy (non-hydrogen) atoms. The largest absolute Gasteiger partial charge is 0.489 e. The van der Waals surface area contributed by atoms with E-state index in [1.807, 2.05) is 19.9 Å². The highest BCUT2D eigenvalue weighted by atomic mass is 35.5. The first-order chi connectivity index (χ1) is 11.4. The first-order valence-electron chi connectivity index (χ1n) is 7.66. The van der Waals surface area contributed by atoms with E-state index < -0.39 is 5.29 Å². The highest BCUT2D eigenvalue weighted by Gasteiger charge is 2.12. The monoisotopic (exact) mass is 377 g/mol. The summed E-state index contributed by atoms with van der Waals surface area (Å²) in [4.78, 5) is 5.10. The van der Waals surface area contributed by atoms with Gasteiger partial charge in [0.25, 0.3) is 0 Å². The number of aryl methyl sites for hydroxylation is 1. The highest BCUT2D eigenvalue weighted by Crippen LogP contribution is 2.34. The van der Waals surface area contributed by atoms with Crippen LogP contribution >= 0.6 is 23.2 Å². The van der Waals surface area contributed by atoms with Crippen LogP contribution < -0.4 is 9.47 Å². The Labute approximate surface area is 152 Å². The molecule has 134 valence electrons. The van der Waals surface area contributed by atoms with E-state index in [-0.39, 0.29) is 6.61 Å². The summed E-state index contributed by atoms with van der Waals surface area (Å²) in [6, 6.07) is 3.46. The SMILES string of the molecule is CCCc1cc(OC/C=C(\F)Cl)cc(Cl)c1OCCON=C(C)C. The van der Waals surface area contributed by atoms with Gasteiger partial charge in [-0.1, -0.05) is 41.7 Å². The first kappa shape index (κ1) is 20.6. The maximum Gasteiger partial charge on any atom is 0.188 e.